The maximum atomic E-state index is 12.5. The number of hydrogen-bond donors (Lipinski definition) is 0. The third-order valence-electron chi connectivity index (χ3n) is 2.08. The summed E-state index contributed by atoms with van der Waals surface area (Å²) in [6, 6.07) is 2.62. The highest BCUT2D eigenvalue weighted by molar-refractivity contribution is 9.10. The van der Waals surface area contributed by atoms with Crippen molar-refractivity contribution in [3.63, 3.8) is 0 Å². The highest BCUT2D eigenvalue weighted by Crippen LogP contribution is 2.46. The van der Waals surface area contributed by atoms with Crippen molar-refractivity contribution in [3.8, 4) is 11.5 Å². The van der Waals surface area contributed by atoms with Crippen LogP contribution in [0.5, 0.6) is 11.5 Å². The summed E-state index contributed by atoms with van der Waals surface area (Å²) in [5, 5.41) is -2.13. The fourth-order valence-corrected chi connectivity index (χ4v) is 2.15. The molecule has 2 nitrogen and oxygen atoms in total. The maximum absolute atomic E-state index is 12.5. The normalized spacial score (nSPS) is 13.4. The topological polar surface area (TPSA) is 18.5 Å². The lowest BCUT2D eigenvalue weighted by Crippen LogP contribution is -2.16. The third kappa shape index (κ3) is 2.98. The Labute approximate surface area is 110 Å². The van der Waals surface area contributed by atoms with Gasteiger partial charge in [0.25, 0.3) is 0 Å². The van der Waals surface area contributed by atoms with E-state index in [-0.39, 0.29) is 11.3 Å². The van der Waals surface area contributed by atoms with Crippen LogP contribution < -0.4 is 9.47 Å². The average Bonchev–Trinajstić information content (AvgIpc) is 2.26. The van der Waals surface area contributed by atoms with Crippen molar-refractivity contribution in [2.24, 2.45) is 0 Å². The standard InChI is InChI=1S/C10H9BrClF3O2/c1-16-6-4-3-5(8(17-2)7(6)11)9(12)10(13,14)15/h3-4,9H,1-2H3. The minimum Gasteiger partial charge on any atom is -0.495 e. The molecule has 1 aromatic carbocycles. The summed E-state index contributed by atoms with van der Waals surface area (Å²) in [5.41, 5.74) is -0.158. The molecule has 0 spiro atoms. The van der Waals surface area contributed by atoms with Crippen LogP contribution >= 0.6 is 27.5 Å². The van der Waals surface area contributed by atoms with Gasteiger partial charge in [0.1, 0.15) is 16.0 Å². The van der Waals surface area contributed by atoms with Crippen molar-refractivity contribution in [3.05, 3.63) is 22.2 Å². The molecule has 0 saturated carbocycles. The van der Waals surface area contributed by atoms with Gasteiger partial charge in [-0.15, -0.1) is 11.6 Å². The molecule has 0 aliphatic heterocycles. The number of ether oxygens (including phenoxy) is 2. The zero-order chi connectivity index (χ0) is 13.2. The fourth-order valence-electron chi connectivity index (χ4n) is 1.29. The Kier molecular flexibility index (Phi) is 4.55. The number of methoxy groups -OCH3 is 2. The van der Waals surface area contributed by atoms with E-state index in [1.165, 1.54) is 26.4 Å². The van der Waals surface area contributed by atoms with Gasteiger partial charge in [-0.3, -0.25) is 0 Å². The Morgan fingerprint density at radius 1 is 1.24 bits per heavy atom. The van der Waals surface area contributed by atoms with Gasteiger partial charge in [-0.05, 0) is 28.1 Å². The molecule has 1 unspecified atom stereocenters. The number of alkyl halides is 4. The first-order chi connectivity index (χ1) is 7.82. The molecule has 0 aromatic heterocycles. The maximum Gasteiger partial charge on any atom is 0.409 e. The zero-order valence-electron chi connectivity index (χ0n) is 8.94. The van der Waals surface area contributed by atoms with Gasteiger partial charge in [-0.2, -0.15) is 13.2 Å². The Morgan fingerprint density at radius 2 is 1.82 bits per heavy atom. The molecule has 0 aliphatic carbocycles. The molecule has 0 N–H and O–H groups in total. The molecule has 0 saturated heterocycles. The van der Waals surface area contributed by atoms with E-state index in [9.17, 15) is 13.2 Å². The molecule has 0 bridgehead atoms. The predicted octanol–water partition coefficient (Wildman–Crippen LogP) is 4.31. The van der Waals surface area contributed by atoms with Crippen molar-refractivity contribution in [1.82, 2.24) is 0 Å². The van der Waals surface area contributed by atoms with E-state index in [2.05, 4.69) is 15.9 Å². The minimum absolute atomic E-state index is 0.0154. The van der Waals surface area contributed by atoms with Gasteiger partial charge in [0.05, 0.1) is 14.2 Å². The summed E-state index contributed by atoms with van der Waals surface area (Å²) in [5.74, 6) is 0.387. The minimum atomic E-state index is -4.54. The number of hydrogen-bond acceptors (Lipinski definition) is 2. The molecule has 0 fully saturated rings. The first-order valence-electron chi connectivity index (χ1n) is 4.44. The first-order valence-corrected chi connectivity index (χ1v) is 5.67. The third-order valence-corrected chi connectivity index (χ3v) is 3.31. The van der Waals surface area contributed by atoms with E-state index >= 15 is 0 Å². The highest BCUT2D eigenvalue weighted by Gasteiger charge is 2.41. The van der Waals surface area contributed by atoms with Gasteiger partial charge < -0.3 is 9.47 Å². The van der Waals surface area contributed by atoms with E-state index < -0.39 is 11.6 Å². The molecule has 1 atom stereocenters. The predicted molar refractivity (Wildman–Crippen MR) is 61.9 cm³/mol. The second-order valence-electron chi connectivity index (χ2n) is 3.11. The molecule has 0 amide bonds. The Hall–Kier alpha value is -0.620. The summed E-state index contributed by atoms with van der Waals surface area (Å²) in [6.45, 7) is 0. The molecule has 1 aromatic rings. The van der Waals surface area contributed by atoms with Crippen LogP contribution in [0, 0.1) is 0 Å². The van der Waals surface area contributed by atoms with Gasteiger partial charge in [0.15, 0.2) is 5.38 Å². The van der Waals surface area contributed by atoms with E-state index in [1.54, 1.807) is 0 Å². The van der Waals surface area contributed by atoms with Crippen LogP contribution in [0.25, 0.3) is 0 Å². The van der Waals surface area contributed by atoms with Crippen molar-refractivity contribution < 1.29 is 22.6 Å². The van der Waals surface area contributed by atoms with E-state index in [0.717, 1.165) is 0 Å². The second-order valence-corrected chi connectivity index (χ2v) is 4.34. The van der Waals surface area contributed by atoms with Crippen LogP contribution in [0.1, 0.15) is 10.9 Å². The van der Waals surface area contributed by atoms with E-state index in [1.807, 2.05) is 0 Å². The van der Waals surface area contributed by atoms with Crippen LogP contribution in [0.4, 0.5) is 13.2 Å². The molecule has 96 valence electrons. The number of rotatable bonds is 3. The number of halogens is 5. The number of benzene rings is 1. The van der Waals surface area contributed by atoms with Crippen LogP contribution in [0.2, 0.25) is 0 Å². The van der Waals surface area contributed by atoms with Gasteiger partial charge in [0.2, 0.25) is 0 Å². The quantitative estimate of drug-likeness (QED) is 0.768. The van der Waals surface area contributed by atoms with Crippen molar-refractivity contribution >= 4 is 27.5 Å². The lowest BCUT2D eigenvalue weighted by molar-refractivity contribution is -0.132. The van der Waals surface area contributed by atoms with Gasteiger partial charge in [-0.25, -0.2) is 0 Å². The van der Waals surface area contributed by atoms with Crippen molar-refractivity contribution in [2.45, 2.75) is 11.6 Å². The molecular formula is C10H9BrClF3O2. The summed E-state index contributed by atoms with van der Waals surface area (Å²) in [6.07, 6.45) is -4.54. The SMILES string of the molecule is COc1ccc(C(Cl)C(F)(F)F)c(OC)c1Br. The van der Waals surface area contributed by atoms with Crippen LogP contribution in [-0.4, -0.2) is 20.4 Å². The van der Waals surface area contributed by atoms with Gasteiger partial charge in [0, 0.05) is 5.56 Å². The molecular weight excluding hydrogens is 324 g/mol. The van der Waals surface area contributed by atoms with E-state index in [4.69, 9.17) is 21.1 Å². The van der Waals surface area contributed by atoms with Gasteiger partial charge >= 0.3 is 6.18 Å². The lowest BCUT2D eigenvalue weighted by Gasteiger charge is -2.18. The zero-order valence-corrected chi connectivity index (χ0v) is 11.3. The molecule has 17 heavy (non-hydrogen) atoms. The molecule has 0 heterocycles. The Morgan fingerprint density at radius 3 is 2.24 bits per heavy atom. The van der Waals surface area contributed by atoms with E-state index in [0.29, 0.717) is 10.2 Å². The lowest BCUT2D eigenvalue weighted by atomic mass is 10.1. The molecule has 0 radical (unpaired) electrons. The highest BCUT2D eigenvalue weighted by atomic mass is 79.9. The molecule has 1 rings (SSSR count). The largest absolute Gasteiger partial charge is 0.495 e. The Bertz CT molecular complexity index is 409. The summed E-state index contributed by atoms with van der Waals surface area (Å²) < 4.78 is 47.8. The van der Waals surface area contributed by atoms with Crippen LogP contribution in [-0.2, 0) is 0 Å². The summed E-state index contributed by atoms with van der Waals surface area (Å²) in [4.78, 5) is 0. The fraction of sp³-hybridized carbons (Fsp3) is 0.400. The molecule has 0 aliphatic rings. The van der Waals surface area contributed by atoms with Gasteiger partial charge in [-0.1, -0.05) is 0 Å². The van der Waals surface area contributed by atoms with Crippen LogP contribution in [0.15, 0.2) is 16.6 Å². The smallest absolute Gasteiger partial charge is 0.409 e. The average molecular weight is 334 g/mol. The summed E-state index contributed by atoms with van der Waals surface area (Å²) >= 11 is 8.48. The van der Waals surface area contributed by atoms with Crippen molar-refractivity contribution in [2.75, 3.05) is 14.2 Å². The Balaban J connectivity index is 3.31. The molecule has 7 heteroatoms. The monoisotopic (exact) mass is 332 g/mol. The first kappa shape index (κ1) is 14.4. The second kappa shape index (κ2) is 5.35. The van der Waals surface area contributed by atoms with Crippen molar-refractivity contribution in [1.29, 1.82) is 0 Å². The summed E-state index contributed by atoms with van der Waals surface area (Å²) in [7, 11) is 2.67. The van der Waals surface area contributed by atoms with Crippen LogP contribution in [0.3, 0.4) is 0 Å².